The number of anilines is 1. The number of rotatable bonds is 8. The van der Waals surface area contributed by atoms with Gasteiger partial charge in [0.05, 0.1) is 35.7 Å². The Balaban J connectivity index is 1.41. The molecule has 1 aromatic carbocycles. The number of sulfone groups is 1. The minimum atomic E-state index is -3.34. The Morgan fingerprint density at radius 2 is 1.97 bits per heavy atom. The van der Waals surface area contributed by atoms with Gasteiger partial charge in [0, 0.05) is 12.0 Å². The van der Waals surface area contributed by atoms with Gasteiger partial charge in [0.15, 0.2) is 26.8 Å². The molecular weight excluding hydrogens is 480 g/mol. The molecule has 2 aliphatic rings. The van der Waals surface area contributed by atoms with Crippen LogP contribution in [0.25, 0.3) is 10.3 Å². The number of ether oxygens (including phenoxy) is 1. The minimum Gasteiger partial charge on any atom is -0.390 e. The van der Waals surface area contributed by atoms with Gasteiger partial charge in [0.25, 0.3) is 5.91 Å². The number of pyridine rings is 1. The third-order valence-electron chi connectivity index (χ3n) is 5.51. The predicted octanol–water partition coefficient (Wildman–Crippen LogP) is 2.27. The molecule has 12 heteroatoms. The van der Waals surface area contributed by atoms with Crippen LogP contribution in [-0.2, 0) is 30.8 Å². The SMILES string of the molecule is O=C(Nc1nc2ccc(CO)nc2s1)/C(=N/O[C@@H]1CCOC1)c1ccc(S(=O)(=O)C2CC2)cc1. The third-order valence-corrected chi connectivity index (χ3v) is 8.67. The molecule has 1 aliphatic carbocycles. The zero-order valence-corrected chi connectivity index (χ0v) is 19.6. The van der Waals surface area contributed by atoms with E-state index in [0.717, 1.165) is 0 Å². The van der Waals surface area contributed by atoms with Gasteiger partial charge < -0.3 is 14.7 Å². The van der Waals surface area contributed by atoms with Crippen molar-refractivity contribution in [2.24, 2.45) is 5.16 Å². The van der Waals surface area contributed by atoms with Gasteiger partial charge in [-0.25, -0.2) is 18.4 Å². The number of carbonyl (C=O) groups excluding carboxylic acids is 1. The number of amides is 1. The topological polar surface area (TPSA) is 140 Å². The van der Waals surface area contributed by atoms with Crippen LogP contribution < -0.4 is 5.32 Å². The number of benzene rings is 1. The number of fused-ring (bicyclic) bond motifs is 1. The van der Waals surface area contributed by atoms with Crippen molar-refractivity contribution in [1.29, 1.82) is 0 Å². The number of aliphatic hydroxyl groups is 1. The lowest BCUT2D eigenvalue weighted by Crippen LogP contribution is -2.25. The summed E-state index contributed by atoms with van der Waals surface area (Å²) in [6, 6.07) is 9.46. The van der Waals surface area contributed by atoms with E-state index in [4.69, 9.17) is 9.57 Å². The van der Waals surface area contributed by atoms with Gasteiger partial charge in [-0.1, -0.05) is 28.6 Å². The van der Waals surface area contributed by atoms with Gasteiger partial charge in [0.1, 0.15) is 10.3 Å². The lowest BCUT2D eigenvalue weighted by molar-refractivity contribution is -0.110. The molecule has 0 spiro atoms. The quantitative estimate of drug-likeness (QED) is 0.353. The van der Waals surface area contributed by atoms with Crippen LogP contribution in [-0.4, -0.2) is 59.7 Å². The fraction of sp³-hybridized carbons (Fsp3) is 0.364. The van der Waals surface area contributed by atoms with Crippen LogP contribution in [0.1, 0.15) is 30.5 Å². The maximum absolute atomic E-state index is 13.2. The first kappa shape index (κ1) is 22.8. The summed E-state index contributed by atoms with van der Waals surface area (Å²) in [5.41, 5.74) is 1.49. The van der Waals surface area contributed by atoms with Crippen molar-refractivity contribution in [3.05, 3.63) is 47.7 Å². The molecule has 1 saturated carbocycles. The highest BCUT2D eigenvalue weighted by Gasteiger charge is 2.36. The van der Waals surface area contributed by atoms with Crippen molar-refractivity contribution in [1.82, 2.24) is 9.97 Å². The zero-order valence-electron chi connectivity index (χ0n) is 18.0. The minimum absolute atomic E-state index is 0.00877. The number of hydrogen-bond donors (Lipinski definition) is 2. The molecule has 2 fully saturated rings. The van der Waals surface area contributed by atoms with E-state index in [9.17, 15) is 18.3 Å². The first-order valence-corrected chi connectivity index (χ1v) is 13.1. The Morgan fingerprint density at radius 1 is 1.18 bits per heavy atom. The molecule has 1 amide bonds. The Labute approximate surface area is 199 Å². The number of oxime groups is 1. The van der Waals surface area contributed by atoms with Crippen molar-refractivity contribution < 1.29 is 27.9 Å². The fourth-order valence-corrected chi connectivity index (χ4v) is 5.98. The Morgan fingerprint density at radius 3 is 2.65 bits per heavy atom. The van der Waals surface area contributed by atoms with Gasteiger partial charge in [-0.05, 0) is 37.1 Å². The van der Waals surface area contributed by atoms with Crippen LogP contribution in [0, 0.1) is 0 Å². The van der Waals surface area contributed by atoms with Crippen molar-refractivity contribution in [3.63, 3.8) is 0 Å². The largest absolute Gasteiger partial charge is 0.390 e. The summed E-state index contributed by atoms with van der Waals surface area (Å²) in [5.74, 6) is -0.557. The van der Waals surface area contributed by atoms with E-state index in [1.165, 1.54) is 23.5 Å². The standard InChI is InChI=1S/C22H22N4O6S2/c27-11-14-3-8-18-21(23-14)33-22(24-18)25-20(28)19(26-32-15-9-10-31-12-15)13-1-4-16(5-2-13)34(29,30)17-6-7-17/h1-5,8,15,17,27H,6-7,9-12H2,(H,24,25,28)/b26-19+/t15-/m1/s1. The van der Waals surface area contributed by atoms with Crippen LogP contribution in [0.5, 0.6) is 0 Å². The molecule has 1 aliphatic heterocycles. The van der Waals surface area contributed by atoms with E-state index >= 15 is 0 Å². The number of aromatic nitrogens is 2. The molecule has 2 N–H and O–H groups in total. The first-order chi connectivity index (χ1) is 16.4. The molecule has 3 aromatic rings. The maximum Gasteiger partial charge on any atom is 0.280 e. The molecule has 0 radical (unpaired) electrons. The summed E-state index contributed by atoms with van der Waals surface area (Å²) >= 11 is 1.17. The molecule has 0 unspecified atom stereocenters. The number of nitrogens with zero attached hydrogens (tertiary/aromatic N) is 3. The van der Waals surface area contributed by atoms with Crippen LogP contribution in [0.4, 0.5) is 5.13 Å². The number of nitrogens with one attached hydrogen (secondary N) is 1. The summed E-state index contributed by atoms with van der Waals surface area (Å²) in [6.45, 7) is 0.749. The molecule has 0 bridgehead atoms. The van der Waals surface area contributed by atoms with E-state index in [1.807, 2.05) is 0 Å². The average Bonchev–Trinajstić information content (AvgIpc) is 3.44. The highest BCUT2D eigenvalue weighted by atomic mass is 32.2. The van der Waals surface area contributed by atoms with Crippen molar-refractivity contribution in [2.75, 3.05) is 18.5 Å². The normalized spacial score (nSPS) is 18.9. The average molecular weight is 503 g/mol. The van der Waals surface area contributed by atoms with Crippen LogP contribution >= 0.6 is 11.3 Å². The molecule has 5 rings (SSSR count). The highest BCUT2D eigenvalue weighted by Crippen LogP contribution is 2.33. The lowest BCUT2D eigenvalue weighted by atomic mass is 10.1. The second-order valence-corrected chi connectivity index (χ2v) is 11.3. The van der Waals surface area contributed by atoms with Crippen LogP contribution in [0.2, 0.25) is 0 Å². The summed E-state index contributed by atoms with van der Waals surface area (Å²) < 4.78 is 30.3. The fourth-order valence-electron chi connectivity index (χ4n) is 3.48. The van der Waals surface area contributed by atoms with Gasteiger partial charge in [-0.2, -0.15) is 0 Å². The summed E-state index contributed by atoms with van der Waals surface area (Å²) in [4.78, 5) is 28.1. The molecule has 34 heavy (non-hydrogen) atoms. The Kier molecular flexibility index (Phi) is 6.30. The molecule has 2 aromatic heterocycles. The van der Waals surface area contributed by atoms with E-state index in [0.29, 0.717) is 59.2 Å². The predicted molar refractivity (Wildman–Crippen MR) is 125 cm³/mol. The Hall–Kier alpha value is -2.93. The first-order valence-electron chi connectivity index (χ1n) is 10.8. The summed E-state index contributed by atoms with van der Waals surface area (Å²) in [5, 5.41) is 16.1. The number of thiazole rings is 1. The van der Waals surface area contributed by atoms with Crippen LogP contribution in [0.15, 0.2) is 46.4 Å². The smallest absolute Gasteiger partial charge is 0.280 e. The van der Waals surface area contributed by atoms with Crippen LogP contribution in [0.3, 0.4) is 0 Å². The van der Waals surface area contributed by atoms with Gasteiger partial charge in [0.2, 0.25) is 0 Å². The molecule has 1 atom stereocenters. The molecule has 1 saturated heterocycles. The van der Waals surface area contributed by atoms with Gasteiger partial charge >= 0.3 is 0 Å². The molecule has 178 valence electrons. The second-order valence-electron chi connectivity index (χ2n) is 8.06. The molecule has 3 heterocycles. The molecule has 10 nitrogen and oxygen atoms in total. The number of hydrogen-bond acceptors (Lipinski definition) is 10. The highest BCUT2D eigenvalue weighted by molar-refractivity contribution is 7.92. The Bertz CT molecular complexity index is 1340. The van der Waals surface area contributed by atoms with Gasteiger partial charge in [-0.3, -0.25) is 10.1 Å². The second kappa shape index (κ2) is 9.37. The molecular formula is C22H22N4O6S2. The maximum atomic E-state index is 13.2. The summed E-state index contributed by atoms with van der Waals surface area (Å²) in [6.07, 6.45) is 1.75. The van der Waals surface area contributed by atoms with E-state index < -0.39 is 15.7 Å². The summed E-state index contributed by atoms with van der Waals surface area (Å²) in [7, 11) is -3.34. The third kappa shape index (κ3) is 4.80. The van der Waals surface area contributed by atoms with Crippen molar-refractivity contribution >= 4 is 48.3 Å². The lowest BCUT2D eigenvalue weighted by Gasteiger charge is -2.10. The van der Waals surface area contributed by atoms with Crippen molar-refractivity contribution in [3.8, 4) is 0 Å². The van der Waals surface area contributed by atoms with Crippen molar-refractivity contribution in [2.45, 2.75) is 42.1 Å². The van der Waals surface area contributed by atoms with E-state index in [2.05, 4.69) is 20.4 Å². The number of carbonyl (C=O) groups is 1. The number of aliphatic hydroxyl groups excluding tert-OH is 1. The van der Waals surface area contributed by atoms with E-state index in [-0.39, 0.29) is 28.6 Å². The van der Waals surface area contributed by atoms with Gasteiger partial charge in [-0.15, -0.1) is 0 Å². The van der Waals surface area contributed by atoms with E-state index in [1.54, 1.807) is 24.3 Å². The zero-order chi connectivity index (χ0) is 23.7. The monoisotopic (exact) mass is 502 g/mol.